The molecular weight excluding hydrogens is 438 g/mol. The van der Waals surface area contributed by atoms with Crippen LogP contribution in [-0.4, -0.2) is 40.4 Å². The molecule has 172 valence electrons. The average Bonchev–Trinajstić information content (AvgIpc) is 3.40. The van der Waals surface area contributed by atoms with E-state index >= 15 is 0 Å². The van der Waals surface area contributed by atoms with Crippen molar-refractivity contribution in [3.05, 3.63) is 83.2 Å². The highest BCUT2D eigenvalue weighted by atomic mass is 16.4. The van der Waals surface area contributed by atoms with E-state index in [4.69, 9.17) is 9.52 Å². The smallest absolute Gasteiger partial charge is 0.335 e. The van der Waals surface area contributed by atoms with Crippen molar-refractivity contribution in [3.8, 4) is 11.3 Å². The Morgan fingerprint density at radius 1 is 1.06 bits per heavy atom. The molecule has 2 heterocycles. The van der Waals surface area contributed by atoms with Gasteiger partial charge in [-0.2, -0.15) is 0 Å². The van der Waals surface area contributed by atoms with Crippen LogP contribution in [0.2, 0.25) is 0 Å². The molecule has 1 fully saturated rings. The highest BCUT2D eigenvalue weighted by molar-refractivity contribution is 6.15. The number of anilines is 1. The van der Waals surface area contributed by atoms with Crippen molar-refractivity contribution in [2.45, 2.75) is 13.3 Å². The third kappa shape index (κ3) is 4.73. The largest absolute Gasteiger partial charge is 0.478 e. The van der Waals surface area contributed by atoms with Crippen molar-refractivity contribution in [1.29, 1.82) is 0 Å². The van der Waals surface area contributed by atoms with E-state index in [-0.39, 0.29) is 11.3 Å². The molecule has 34 heavy (non-hydrogen) atoms. The summed E-state index contributed by atoms with van der Waals surface area (Å²) in [6.45, 7) is 1.53. The van der Waals surface area contributed by atoms with E-state index < -0.39 is 30.4 Å². The summed E-state index contributed by atoms with van der Waals surface area (Å²) >= 11 is 0. The average molecular weight is 459 g/mol. The molecule has 1 aliphatic heterocycles. The Morgan fingerprint density at radius 3 is 2.50 bits per heavy atom. The summed E-state index contributed by atoms with van der Waals surface area (Å²) in [7, 11) is 0. The first kappa shape index (κ1) is 22.5. The molecule has 3 N–H and O–H groups in total. The van der Waals surface area contributed by atoms with E-state index in [0.29, 0.717) is 22.8 Å². The highest BCUT2D eigenvalue weighted by Crippen LogP contribution is 2.25. The Morgan fingerprint density at radius 2 is 1.79 bits per heavy atom. The van der Waals surface area contributed by atoms with Crippen LogP contribution in [0.3, 0.4) is 0 Å². The van der Waals surface area contributed by atoms with Crippen molar-refractivity contribution in [3.63, 3.8) is 0 Å². The predicted octanol–water partition coefficient (Wildman–Crippen LogP) is 3.74. The number of hydrogen-bond donors (Lipinski definition) is 3. The van der Waals surface area contributed by atoms with Crippen molar-refractivity contribution >= 4 is 35.6 Å². The van der Waals surface area contributed by atoms with Crippen LogP contribution in [0.4, 0.5) is 10.5 Å². The minimum atomic E-state index is -1.03. The third-order valence-corrected chi connectivity index (χ3v) is 5.27. The second-order valence-corrected chi connectivity index (χ2v) is 7.52. The zero-order valence-electron chi connectivity index (χ0n) is 18.2. The van der Waals surface area contributed by atoms with Gasteiger partial charge < -0.3 is 20.2 Å². The minimum Gasteiger partial charge on any atom is -0.478 e. The van der Waals surface area contributed by atoms with Gasteiger partial charge in [-0.25, -0.2) is 14.5 Å². The van der Waals surface area contributed by atoms with Crippen LogP contribution < -0.4 is 10.6 Å². The SMILES string of the molecule is CCc1ccccc1NC(=O)CN1C(=O)N/C(=C/c2ccc(-c3ccc(C(=O)O)cc3)o2)C1=O. The Kier molecular flexibility index (Phi) is 6.26. The first-order valence-corrected chi connectivity index (χ1v) is 10.5. The summed E-state index contributed by atoms with van der Waals surface area (Å²) in [5.41, 5.74) is 2.37. The van der Waals surface area contributed by atoms with E-state index in [1.165, 1.54) is 18.2 Å². The van der Waals surface area contributed by atoms with Crippen LogP contribution in [0.5, 0.6) is 0 Å². The molecule has 9 heteroatoms. The molecule has 9 nitrogen and oxygen atoms in total. The number of carboxylic acids is 1. The van der Waals surface area contributed by atoms with Gasteiger partial charge >= 0.3 is 12.0 Å². The second-order valence-electron chi connectivity index (χ2n) is 7.52. The molecule has 4 rings (SSSR count). The lowest BCUT2D eigenvalue weighted by Crippen LogP contribution is -2.38. The summed E-state index contributed by atoms with van der Waals surface area (Å²) in [5.74, 6) is -1.39. The molecule has 4 amide bonds. The first-order chi connectivity index (χ1) is 16.4. The summed E-state index contributed by atoms with van der Waals surface area (Å²) in [6.07, 6.45) is 2.10. The van der Waals surface area contributed by atoms with Gasteiger partial charge in [0, 0.05) is 17.3 Å². The number of urea groups is 1. The maximum Gasteiger partial charge on any atom is 0.335 e. The number of carbonyl (C=O) groups excluding carboxylic acids is 3. The van der Waals surface area contributed by atoms with Crippen LogP contribution >= 0.6 is 0 Å². The Bertz CT molecular complexity index is 1310. The fraction of sp³-hybridized carbons (Fsp3) is 0.120. The summed E-state index contributed by atoms with van der Waals surface area (Å²) in [4.78, 5) is 49.3. The van der Waals surface area contributed by atoms with E-state index in [0.717, 1.165) is 16.9 Å². The molecule has 0 aliphatic carbocycles. The van der Waals surface area contributed by atoms with Gasteiger partial charge in [0.25, 0.3) is 5.91 Å². The van der Waals surface area contributed by atoms with E-state index in [1.807, 2.05) is 19.1 Å². The van der Waals surface area contributed by atoms with Gasteiger partial charge in [0.2, 0.25) is 5.91 Å². The normalized spacial score (nSPS) is 14.4. The fourth-order valence-corrected chi connectivity index (χ4v) is 3.50. The number of carboxylic acid groups (broad SMARTS) is 1. The lowest BCUT2D eigenvalue weighted by Gasteiger charge is -2.13. The molecule has 0 unspecified atom stereocenters. The number of furan rings is 1. The number of carbonyl (C=O) groups is 4. The van der Waals surface area contributed by atoms with Gasteiger partial charge in [0.05, 0.1) is 5.56 Å². The first-order valence-electron chi connectivity index (χ1n) is 10.5. The number of para-hydroxylation sites is 1. The van der Waals surface area contributed by atoms with E-state index in [2.05, 4.69) is 10.6 Å². The molecule has 1 saturated heterocycles. The zero-order valence-corrected chi connectivity index (χ0v) is 18.2. The molecule has 0 spiro atoms. The quantitative estimate of drug-likeness (QED) is 0.365. The molecule has 3 aromatic rings. The lowest BCUT2D eigenvalue weighted by molar-refractivity contribution is -0.127. The van der Waals surface area contributed by atoms with Gasteiger partial charge in [-0.05, 0) is 42.3 Å². The van der Waals surface area contributed by atoms with Crippen LogP contribution in [0.25, 0.3) is 17.4 Å². The number of hydrogen-bond acceptors (Lipinski definition) is 5. The van der Waals surface area contributed by atoms with Gasteiger partial charge in [-0.1, -0.05) is 37.3 Å². The number of benzene rings is 2. The summed E-state index contributed by atoms with van der Waals surface area (Å²) < 4.78 is 5.71. The van der Waals surface area contributed by atoms with Gasteiger partial charge in [-0.15, -0.1) is 0 Å². The van der Waals surface area contributed by atoms with Crippen molar-refractivity contribution < 1.29 is 28.7 Å². The number of aromatic carboxylic acids is 1. The number of amides is 4. The molecule has 0 saturated carbocycles. The van der Waals surface area contributed by atoms with Crippen LogP contribution in [0.1, 0.15) is 28.6 Å². The Hall–Kier alpha value is -4.66. The molecule has 2 aromatic carbocycles. The van der Waals surface area contributed by atoms with Gasteiger partial charge in [0.15, 0.2) is 0 Å². The molecule has 0 atom stereocenters. The van der Waals surface area contributed by atoms with E-state index in [9.17, 15) is 19.2 Å². The number of nitrogens with one attached hydrogen (secondary N) is 2. The summed E-state index contributed by atoms with van der Waals surface area (Å²) in [6, 6.07) is 16.0. The van der Waals surface area contributed by atoms with Crippen LogP contribution in [0, 0.1) is 0 Å². The monoisotopic (exact) mass is 459 g/mol. The standard InChI is InChI=1S/C25H21N3O6/c1-2-15-5-3-4-6-19(15)26-22(29)14-28-23(30)20(27-25(28)33)13-18-11-12-21(34-18)16-7-9-17(10-8-16)24(31)32/h3-13H,2,14H2,1H3,(H,26,29)(H,27,33)(H,31,32)/b20-13+. The van der Waals surface area contributed by atoms with Crippen molar-refractivity contribution in [2.75, 3.05) is 11.9 Å². The van der Waals surface area contributed by atoms with E-state index in [1.54, 1.807) is 36.4 Å². The van der Waals surface area contributed by atoms with Gasteiger partial charge in [-0.3, -0.25) is 9.59 Å². The fourth-order valence-electron chi connectivity index (χ4n) is 3.50. The molecular formula is C25H21N3O6. The van der Waals surface area contributed by atoms with Gasteiger partial charge in [0.1, 0.15) is 23.8 Å². The van der Waals surface area contributed by atoms with Crippen molar-refractivity contribution in [2.24, 2.45) is 0 Å². The zero-order chi connectivity index (χ0) is 24.2. The molecule has 1 aromatic heterocycles. The summed E-state index contributed by atoms with van der Waals surface area (Å²) in [5, 5.41) is 14.2. The molecule has 0 radical (unpaired) electrons. The van der Waals surface area contributed by atoms with Crippen LogP contribution in [0.15, 0.2) is 70.8 Å². The number of imide groups is 1. The number of aryl methyl sites for hydroxylation is 1. The third-order valence-electron chi connectivity index (χ3n) is 5.27. The Labute approximate surface area is 194 Å². The Balaban J connectivity index is 1.44. The maximum atomic E-state index is 12.7. The molecule has 0 bridgehead atoms. The predicted molar refractivity (Wildman–Crippen MR) is 124 cm³/mol. The van der Waals surface area contributed by atoms with Crippen molar-refractivity contribution in [1.82, 2.24) is 10.2 Å². The second kappa shape index (κ2) is 9.45. The number of rotatable bonds is 7. The topological polar surface area (TPSA) is 129 Å². The minimum absolute atomic E-state index is 0.0196. The number of nitrogens with zero attached hydrogens (tertiary/aromatic N) is 1. The van der Waals surface area contributed by atoms with Crippen LogP contribution in [-0.2, 0) is 16.0 Å². The highest BCUT2D eigenvalue weighted by Gasteiger charge is 2.35. The lowest BCUT2D eigenvalue weighted by atomic mass is 10.1. The molecule has 1 aliphatic rings. The maximum absolute atomic E-state index is 12.7.